The summed E-state index contributed by atoms with van der Waals surface area (Å²) in [7, 11) is 4.04. The third kappa shape index (κ3) is 6.34. The quantitative estimate of drug-likeness (QED) is 0.539. The van der Waals surface area contributed by atoms with Gasteiger partial charge in [0.1, 0.15) is 0 Å². The standard InChI is InChI=1S/C21H40N6O/c1-22-21(23-10-14-26-12-6-11-25(2)15-16-26)24-19-9-13-27(17-19)20(28)18-7-4-3-5-8-18/h18-19H,3-17H2,1-2H3,(H2,22,23,24). The van der Waals surface area contributed by atoms with Crippen LogP contribution in [0.25, 0.3) is 0 Å². The minimum atomic E-state index is 0.276. The van der Waals surface area contributed by atoms with E-state index >= 15 is 0 Å². The SMILES string of the molecule is CN=C(NCCN1CCCN(C)CC1)NC1CCN(C(=O)C2CCCCC2)C1. The molecule has 0 aromatic heterocycles. The fourth-order valence-electron chi connectivity index (χ4n) is 4.73. The fourth-order valence-corrected chi connectivity index (χ4v) is 4.73. The first kappa shape index (κ1) is 21.4. The van der Waals surface area contributed by atoms with Crippen molar-refractivity contribution in [3.8, 4) is 0 Å². The van der Waals surface area contributed by atoms with Crippen LogP contribution in [0.5, 0.6) is 0 Å². The zero-order valence-corrected chi connectivity index (χ0v) is 18.0. The Hall–Kier alpha value is -1.34. The second kappa shape index (κ2) is 11.0. The van der Waals surface area contributed by atoms with Gasteiger partial charge >= 0.3 is 0 Å². The Morgan fingerprint density at radius 3 is 2.61 bits per heavy atom. The van der Waals surface area contributed by atoms with Crippen LogP contribution in [0.4, 0.5) is 0 Å². The van der Waals surface area contributed by atoms with Crippen molar-refractivity contribution in [1.82, 2.24) is 25.3 Å². The zero-order chi connectivity index (χ0) is 19.8. The van der Waals surface area contributed by atoms with E-state index in [0.29, 0.717) is 11.9 Å². The normalized spacial score (nSPS) is 26.3. The second-order valence-electron chi connectivity index (χ2n) is 8.75. The highest BCUT2D eigenvalue weighted by atomic mass is 16.2. The van der Waals surface area contributed by atoms with Crippen LogP contribution in [0.3, 0.4) is 0 Å². The van der Waals surface area contributed by atoms with Gasteiger partial charge in [-0.3, -0.25) is 9.79 Å². The number of guanidine groups is 1. The highest BCUT2D eigenvalue weighted by Crippen LogP contribution is 2.26. The number of rotatable bonds is 5. The summed E-state index contributed by atoms with van der Waals surface area (Å²) in [6, 6.07) is 0.311. The monoisotopic (exact) mass is 392 g/mol. The van der Waals surface area contributed by atoms with Gasteiger partial charge in [0.25, 0.3) is 0 Å². The smallest absolute Gasteiger partial charge is 0.225 e. The molecule has 0 bridgehead atoms. The summed E-state index contributed by atoms with van der Waals surface area (Å²) in [5.74, 6) is 1.53. The molecule has 3 fully saturated rings. The van der Waals surface area contributed by atoms with Crippen molar-refractivity contribution in [3.63, 3.8) is 0 Å². The van der Waals surface area contributed by atoms with Gasteiger partial charge in [0.05, 0.1) is 0 Å². The van der Waals surface area contributed by atoms with Crippen LogP contribution < -0.4 is 10.6 Å². The molecule has 1 aliphatic carbocycles. The number of likely N-dealkylation sites (N-methyl/N-ethyl adjacent to an activating group) is 1. The Balaban J connectivity index is 1.36. The predicted molar refractivity (Wildman–Crippen MR) is 115 cm³/mol. The minimum absolute atomic E-state index is 0.276. The summed E-state index contributed by atoms with van der Waals surface area (Å²) in [6.07, 6.45) is 8.16. The molecule has 2 heterocycles. The molecule has 3 rings (SSSR count). The molecule has 2 aliphatic heterocycles. The van der Waals surface area contributed by atoms with E-state index in [1.807, 2.05) is 7.05 Å². The third-order valence-electron chi connectivity index (χ3n) is 6.55. The van der Waals surface area contributed by atoms with Crippen molar-refractivity contribution in [2.45, 2.75) is 51.0 Å². The lowest BCUT2D eigenvalue weighted by atomic mass is 9.88. The van der Waals surface area contributed by atoms with Crippen LogP contribution in [0.15, 0.2) is 4.99 Å². The van der Waals surface area contributed by atoms with Crippen molar-refractivity contribution in [1.29, 1.82) is 0 Å². The lowest BCUT2D eigenvalue weighted by Gasteiger charge is -2.26. The van der Waals surface area contributed by atoms with Crippen molar-refractivity contribution in [2.24, 2.45) is 10.9 Å². The Morgan fingerprint density at radius 1 is 1.00 bits per heavy atom. The number of nitrogens with one attached hydrogen (secondary N) is 2. The van der Waals surface area contributed by atoms with Crippen LogP contribution in [0, 0.1) is 5.92 Å². The van der Waals surface area contributed by atoms with Crippen LogP contribution in [0.1, 0.15) is 44.9 Å². The summed E-state index contributed by atoms with van der Waals surface area (Å²) in [5.41, 5.74) is 0. The molecule has 1 unspecified atom stereocenters. The van der Waals surface area contributed by atoms with Gasteiger partial charge in [-0.1, -0.05) is 19.3 Å². The van der Waals surface area contributed by atoms with E-state index < -0.39 is 0 Å². The lowest BCUT2D eigenvalue weighted by Crippen LogP contribution is -2.47. The summed E-state index contributed by atoms with van der Waals surface area (Å²) in [5, 5.41) is 6.99. The van der Waals surface area contributed by atoms with Crippen LogP contribution >= 0.6 is 0 Å². The molecular formula is C21H40N6O. The van der Waals surface area contributed by atoms with Crippen molar-refractivity contribution in [3.05, 3.63) is 0 Å². The fraction of sp³-hybridized carbons (Fsp3) is 0.905. The van der Waals surface area contributed by atoms with Gasteiger partial charge in [0, 0.05) is 58.3 Å². The number of amides is 1. The molecule has 1 amide bonds. The molecule has 7 heteroatoms. The molecule has 1 atom stereocenters. The average Bonchev–Trinajstić information content (AvgIpc) is 3.09. The number of carbonyl (C=O) groups is 1. The largest absolute Gasteiger partial charge is 0.355 e. The van der Waals surface area contributed by atoms with E-state index in [4.69, 9.17) is 0 Å². The Morgan fingerprint density at radius 2 is 1.82 bits per heavy atom. The number of likely N-dealkylation sites (tertiary alicyclic amines) is 1. The molecule has 0 aromatic rings. The maximum atomic E-state index is 12.7. The van der Waals surface area contributed by atoms with Gasteiger partial charge in [-0.2, -0.15) is 0 Å². The highest BCUT2D eigenvalue weighted by molar-refractivity contribution is 5.81. The molecule has 7 nitrogen and oxygen atoms in total. The number of hydrogen-bond donors (Lipinski definition) is 2. The first-order valence-electron chi connectivity index (χ1n) is 11.3. The Labute approximate surface area is 170 Å². The summed E-state index contributed by atoms with van der Waals surface area (Å²) >= 11 is 0. The maximum Gasteiger partial charge on any atom is 0.225 e. The molecular weight excluding hydrogens is 352 g/mol. The van der Waals surface area contributed by atoms with Gasteiger partial charge < -0.3 is 25.3 Å². The van der Waals surface area contributed by atoms with Crippen LogP contribution in [-0.2, 0) is 4.79 Å². The summed E-state index contributed by atoms with van der Waals surface area (Å²) in [6.45, 7) is 8.32. The number of hydrogen-bond acceptors (Lipinski definition) is 4. The molecule has 0 spiro atoms. The van der Waals surface area contributed by atoms with Gasteiger partial charge in [-0.15, -0.1) is 0 Å². The second-order valence-corrected chi connectivity index (χ2v) is 8.75. The van der Waals surface area contributed by atoms with E-state index in [0.717, 1.165) is 64.5 Å². The van der Waals surface area contributed by atoms with Gasteiger partial charge in [-0.05, 0) is 45.8 Å². The first-order valence-corrected chi connectivity index (χ1v) is 11.3. The summed E-state index contributed by atoms with van der Waals surface area (Å²) in [4.78, 5) is 24.2. The van der Waals surface area contributed by atoms with E-state index in [2.05, 4.69) is 37.4 Å². The van der Waals surface area contributed by atoms with Gasteiger partial charge in [0.2, 0.25) is 5.91 Å². The maximum absolute atomic E-state index is 12.7. The topological polar surface area (TPSA) is 63.2 Å². The Bertz CT molecular complexity index is 519. The van der Waals surface area contributed by atoms with Crippen molar-refractivity contribution < 1.29 is 4.79 Å². The summed E-state index contributed by atoms with van der Waals surface area (Å²) < 4.78 is 0. The molecule has 2 N–H and O–H groups in total. The van der Waals surface area contributed by atoms with E-state index in [9.17, 15) is 4.79 Å². The molecule has 1 saturated carbocycles. The zero-order valence-electron chi connectivity index (χ0n) is 18.0. The highest BCUT2D eigenvalue weighted by Gasteiger charge is 2.31. The Kier molecular flexibility index (Phi) is 8.40. The molecule has 3 aliphatic rings. The third-order valence-corrected chi connectivity index (χ3v) is 6.55. The number of carbonyl (C=O) groups excluding carboxylic acids is 1. The first-order chi connectivity index (χ1) is 13.7. The predicted octanol–water partition coefficient (Wildman–Crippen LogP) is 0.970. The van der Waals surface area contributed by atoms with Crippen LogP contribution in [-0.4, -0.2) is 99.1 Å². The van der Waals surface area contributed by atoms with Crippen LogP contribution in [0.2, 0.25) is 0 Å². The lowest BCUT2D eigenvalue weighted by molar-refractivity contribution is -0.135. The minimum Gasteiger partial charge on any atom is -0.355 e. The number of nitrogens with zero attached hydrogens (tertiary/aromatic N) is 4. The number of aliphatic imine (C=N–C) groups is 1. The van der Waals surface area contributed by atoms with Gasteiger partial charge in [0.15, 0.2) is 5.96 Å². The van der Waals surface area contributed by atoms with Crippen molar-refractivity contribution >= 4 is 11.9 Å². The van der Waals surface area contributed by atoms with Gasteiger partial charge in [-0.25, -0.2) is 0 Å². The van der Waals surface area contributed by atoms with E-state index in [-0.39, 0.29) is 5.92 Å². The van der Waals surface area contributed by atoms with Crippen molar-refractivity contribution in [2.75, 3.05) is 66.5 Å². The molecule has 0 radical (unpaired) electrons. The molecule has 0 aromatic carbocycles. The van der Waals surface area contributed by atoms with E-state index in [1.165, 1.54) is 38.8 Å². The molecule has 160 valence electrons. The average molecular weight is 393 g/mol. The van der Waals surface area contributed by atoms with E-state index in [1.54, 1.807) is 0 Å². The molecule has 2 saturated heterocycles. The molecule has 28 heavy (non-hydrogen) atoms.